The third-order valence-corrected chi connectivity index (χ3v) is 3.24. The van der Waals surface area contributed by atoms with Crippen molar-refractivity contribution in [3.8, 4) is 5.75 Å². The van der Waals surface area contributed by atoms with Gasteiger partial charge in [0.05, 0.1) is 8.81 Å². The fraction of sp³-hybridized carbons (Fsp3) is 0.600. The first-order valence-corrected chi connectivity index (χ1v) is 7.56. The largest absolute Gasteiger partial charge is 0.477 e. The van der Waals surface area contributed by atoms with Crippen LogP contribution in [-0.4, -0.2) is 6.66 Å². The summed E-state index contributed by atoms with van der Waals surface area (Å²) >= 11 is 0. The molecule has 0 bridgehead atoms. The Labute approximate surface area is 108 Å². The number of hydrogen-bond donors (Lipinski definition) is 0. The van der Waals surface area contributed by atoms with E-state index < -0.39 is 0 Å². The molecule has 1 nitrogen and oxygen atoms in total. The Hall–Kier alpha value is -0.550. The quantitative estimate of drug-likeness (QED) is 0.681. The van der Waals surface area contributed by atoms with E-state index in [9.17, 15) is 0 Å². The van der Waals surface area contributed by atoms with Crippen LogP contribution in [0.1, 0.15) is 52.7 Å². The van der Waals surface area contributed by atoms with Crippen LogP contribution in [0.15, 0.2) is 18.2 Å². The number of para-hydroxylation sites is 1. The highest BCUT2D eigenvalue weighted by Crippen LogP contribution is 2.41. The van der Waals surface area contributed by atoms with Crippen LogP contribution in [-0.2, 0) is 10.8 Å². The zero-order valence-electron chi connectivity index (χ0n) is 12.1. The molecule has 0 amide bonds. The van der Waals surface area contributed by atoms with Crippen molar-refractivity contribution in [2.75, 3.05) is 6.66 Å². The van der Waals surface area contributed by atoms with E-state index >= 15 is 0 Å². The molecule has 0 radical (unpaired) electrons. The summed E-state index contributed by atoms with van der Waals surface area (Å²) < 4.78 is 5.95. The maximum atomic E-state index is 5.95. The molecule has 0 spiro atoms. The van der Waals surface area contributed by atoms with Crippen molar-refractivity contribution in [2.24, 2.45) is 0 Å². The Balaban J connectivity index is 3.43. The van der Waals surface area contributed by atoms with Gasteiger partial charge in [0.2, 0.25) is 0 Å². The molecule has 1 rings (SSSR count). The molecular formula is C15H25OP. The molecule has 0 aliphatic heterocycles. The normalized spacial score (nSPS) is 13.4. The molecule has 0 saturated heterocycles. The van der Waals surface area contributed by atoms with Crippen molar-refractivity contribution in [2.45, 2.75) is 52.4 Å². The maximum absolute atomic E-state index is 5.95. The van der Waals surface area contributed by atoms with Crippen LogP contribution >= 0.6 is 8.81 Å². The van der Waals surface area contributed by atoms with Gasteiger partial charge in [0.25, 0.3) is 0 Å². The van der Waals surface area contributed by atoms with Crippen molar-refractivity contribution >= 4 is 8.81 Å². The first kappa shape index (κ1) is 14.5. The van der Waals surface area contributed by atoms with Gasteiger partial charge in [0.15, 0.2) is 0 Å². The Morgan fingerprint density at radius 1 is 0.882 bits per heavy atom. The van der Waals surface area contributed by atoms with E-state index in [-0.39, 0.29) is 10.8 Å². The topological polar surface area (TPSA) is 9.23 Å². The molecule has 0 aliphatic rings. The third-order valence-electron chi connectivity index (χ3n) is 2.84. The monoisotopic (exact) mass is 252 g/mol. The lowest BCUT2D eigenvalue weighted by Gasteiger charge is -2.29. The number of benzene rings is 1. The van der Waals surface area contributed by atoms with E-state index in [1.807, 2.05) is 0 Å². The standard InChI is InChI=1S/C15H25OP/c1-14(2,3)11-9-8-10-12(15(4,5)6)13(11)16-17-7/h8-10,17H,1-7H3. The van der Waals surface area contributed by atoms with E-state index in [0.29, 0.717) is 8.81 Å². The predicted molar refractivity (Wildman–Crippen MR) is 78.7 cm³/mol. The lowest BCUT2D eigenvalue weighted by molar-refractivity contribution is 0.507. The van der Waals surface area contributed by atoms with E-state index in [1.54, 1.807) is 0 Å². The van der Waals surface area contributed by atoms with Crippen molar-refractivity contribution < 1.29 is 4.52 Å². The van der Waals surface area contributed by atoms with E-state index in [4.69, 9.17) is 4.52 Å². The SMILES string of the molecule is CPOc1c(C(C)(C)C)cccc1C(C)(C)C. The molecule has 96 valence electrons. The minimum atomic E-state index is 0.121. The highest BCUT2D eigenvalue weighted by atomic mass is 31.1. The summed E-state index contributed by atoms with van der Waals surface area (Å²) in [5.41, 5.74) is 2.85. The highest BCUT2D eigenvalue weighted by molar-refractivity contribution is 7.31. The maximum Gasteiger partial charge on any atom is 0.130 e. The van der Waals surface area contributed by atoms with Crippen LogP contribution in [0.25, 0.3) is 0 Å². The summed E-state index contributed by atoms with van der Waals surface area (Å²) in [7, 11) is 0.486. The van der Waals surface area contributed by atoms with E-state index in [1.165, 1.54) is 11.1 Å². The molecule has 0 heterocycles. The van der Waals surface area contributed by atoms with Gasteiger partial charge in [-0.25, -0.2) is 0 Å². The Bertz CT molecular complexity index is 351. The Kier molecular flexibility index (Phi) is 4.25. The summed E-state index contributed by atoms with van der Waals surface area (Å²) in [5.74, 6) is 1.09. The summed E-state index contributed by atoms with van der Waals surface area (Å²) in [6.45, 7) is 15.5. The van der Waals surface area contributed by atoms with Crippen LogP contribution < -0.4 is 4.52 Å². The fourth-order valence-corrected chi connectivity index (χ4v) is 2.35. The second-order valence-electron chi connectivity index (χ2n) is 6.49. The van der Waals surface area contributed by atoms with Gasteiger partial charge in [-0.05, 0) is 17.5 Å². The lowest BCUT2D eigenvalue weighted by Crippen LogP contribution is -2.18. The first-order valence-electron chi connectivity index (χ1n) is 6.15. The van der Waals surface area contributed by atoms with Crippen molar-refractivity contribution in [3.05, 3.63) is 29.3 Å². The highest BCUT2D eigenvalue weighted by Gasteiger charge is 2.26. The third kappa shape index (κ3) is 3.45. The average molecular weight is 252 g/mol. The molecule has 0 N–H and O–H groups in total. The van der Waals surface area contributed by atoms with Crippen LogP contribution in [0.5, 0.6) is 5.75 Å². The van der Waals surface area contributed by atoms with Gasteiger partial charge in [-0.2, -0.15) is 0 Å². The molecule has 1 aromatic carbocycles. The molecular weight excluding hydrogens is 227 g/mol. The summed E-state index contributed by atoms with van der Waals surface area (Å²) in [4.78, 5) is 0. The lowest BCUT2D eigenvalue weighted by atomic mass is 9.80. The summed E-state index contributed by atoms with van der Waals surface area (Å²) in [6, 6.07) is 6.52. The van der Waals surface area contributed by atoms with Crippen LogP contribution in [0.3, 0.4) is 0 Å². The van der Waals surface area contributed by atoms with Crippen molar-refractivity contribution in [1.82, 2.24) is 0 Å². The number of rotatable bonds is 2. The van der Waals surface area contributed by atoms with E-state index in [0.717, 1.165) is 5.75 Å². The predicted octanol–water partition coefficient (Wildman–Crippen LogP) is 4.88. The van der Waals surface area contributed by atoms with Gasteiger partial charge in [0, 0.05) is 11.1 Å². The molecule has 0 saturated carbocycles. The van der Waals surface area contributed by atoms with Gasteiger partial charge in [-0.1, -0.05) is 59.7 Å². The van der Waals surface area contributed by atoms with Gasteiger partial charge < -0.3 is 4.52 Å². The fourth-order valence-electron chi connectivity index (χ4n) is 1.93. The molecule has 2 heteroatoms. The van der Waals surface area contributed by atoms with Crippen LogP contribution in [0.2, 0.25) is 0 Å². The molecule has 1 atom stereocenters. The Morgan fingerprint density at radius 2 is 1.29 bits per heavy atom. The van der Waals surface area contributed by atoms with Gasteiger partial charge >= 0.3 is 0 Å². The molecule has 0 aliphatic carbocycles. The van der Waals surface area contributed by atoms with Crippen LogP contribution in [0.4, 0.5) is 0 Å². The van der Waals surface area contributed by atoms with Crippen molar-refractivity contribution in [1.29, 1.82) is 0 Å². The zero-order valence-corrected chi connectivity index (χ0v) is 13.1. The summed E-state index contributed by atoms with van der Waals surface area (Å²) in [6.07, 6.45) is 0. The second-order valence-corrected chi connectivity index (χ2v) is 7.10. The Morgan fingerprint density at radius 3 is 1.59 bits per heavy atom. The minimum Gasteiger partial charge on any atom is -0.477 e. The van der Waals surface area contributed by atoms with Gasteiger partial charge in [-0.15, -0.1) is 0 Å². The smallest absolute Gasteiger partial charge is 0.130 e. The first-order chi connectivity index (χ1) is 7.68. The molecule has 17 heavy (non-hydrogen) atoms. The van der Waals surface area contributed by atoms with Gasteiger partial charge in [0.1, 0.15) is 5.75 Å². The van der Waals surface area contributed by atoms with Crippen molar-refractivity contribution in [3.63, 3.8) is 0 Å². The number of hydrogen-bond acceptors (Lipinski definition) is 1. The molecule has 1 aromatic rings. The van der Waals surface area contributed by atoms with Crippen LogP contribution in [0, 0.1) is 0 Å². The van der Waals surface area contributed by atoms with Gasteiger partial charge in [-0.3, -0.25) is 0 Å². The molecule has 1 unspecified atom stereocenters. The minimum absolute atomic E-state index is 0.121. The van der Waals surface area contributed by atoms with E-state index in [2.05, 4.69) is 66.4 Å². The second kappa shape index (κ2) is 4.98. The zero-order chi connectivity index (χ0) is 13.3. The summed E-state index contributed by atoms with van der Waals surface area (Å²) in [5, 5.41) is 0. The molecule has 0 aromatic heterocycles. The molecule has 0 fully saturated rings. The average Bonchev–Trinajstić information content (AvgIpc) is 2.15.